The highest BCUT2D eigenvalue weighted by Gasteiger charge is 2.42. The first-order chi connectivity index (χ1) is 4.05. The van der Waals surface area contributed by atoms with Gasteiger partial charge in [-0.25, -0.2) is 0 Å². The van der Waals surface area contributed by atoms with Gasteiger partial charge in [0.15, 0.2) is 0 Å². The monoisotopic (exact) mass is 164 g/mol. The summed E-state index contributed by atoms with van der Waals surface area (Å²) >= 11 is 0. The molecule has 0 radical (unpaired) electrons. The summed E-state index contributed by atoms with van der Waals surface area (Å²) in [6, 6.07) is 0. The van der Waals surface area contributed by atoms with E-state index in [-0.39, 0.29) is 24.2 Å². The highest BCUT2D eigenvalue weighted by molar-refractivity contribution is 5.86. The fraction of sp³-hybridized carbons (Fsp3) is 0.833. The van der Waals surface area contributed by atoms with Gasteiger partial charge in [0.05, 0.1) is 0 Å². The smallest absolute Gasteiger partial charge is 0.123 e. The van der Waals surface area contributed by atoms with Crippen LogP contribution in [0.1, 0.15) is 19.8 Å². The van der Waals surface area contributed by atoms with E-state index in [1.165, 1.54) is 0 Å². The molecular formula is C6H13ClN2O. The van der Waals surface area contributed by atoms with Crippen LogP contribution in [-0.4, -0.2) is 16.5 Å². The van der Waals surface area contributed by atoms with E-state index in [0.29, 0.717) is 0 Å². The first-order valence-corrected chi connectivity index (χ1v) is 3.12. The Kier molecular flexibility index (Phi) is 2.68. The molecule has 0 bridgehead atoms. The Hall–Kier alpha value is -0.280. The highest BCUT2D eigenvalue weighted by atomic mass is 35.5. The molecule has 3 nitrogen and oxygen atoms in total. The average molecular weight is 165 g/mol. The van der Waals surface area contributed by atoms with Gasteiger partial charge in [0.2, 0.25) is 0 Å². The highest BCUT2D eigenvalue weighted by Crippen LogP contribution is 2.39. The van der Waals surface area contributed by atoms with Crippen LogP contribution < -0.4 is 5.73 Å². The Morgan fingerprint density at radius 2 is 2.10 bits per heavy atom. The number of nitrogens with one attached hydrogen (secondary N) is 1. The Bertz CT molecular complexity index is 143. The van der Waals surface area contributed by atoms with E-state index < -0.39 is 5.60 Å². The maximum absolute atomic E-state index is 9.38. The molecule has 4 N–H and O–H groups in total. The van der Waals surface area contributed by atoms with Crippen molar-refractivity contribution in [2.45, 2.75) is 25.4 Å². The average Bonchev–Trinajstić information content (AvgIpc) is 2.42. The third-order valence-electron chi connectivity index (χ3n) is 1.92. The summed E-state index contributed by atoms with van der Waals surface area (Å²) in [5.74, 6) is 0.139. The maximum atomic E-state index is 9.38. The van der Waals surface area contributed by atoms with Gasteiger partial charge in [0.25, 0.3) is 0 Å². The third-order valence-corrected chi connectivity index (χ3v) is 1.92. The number of halogens is 1. The van der Waals surface area contributed by atoms with Crippen molar-refractivity contribution in [3.8, 4) is 0 Å². The molecule has 0 heterocycles. The van der Waals surface area contributed by atoms with Gasteiger partial charge in [0.1, 0.15) is 11.4 Å². The second-order valence-electron chi connectivity index (χ2n) is 2.84. The van der Waals surface area contributed by atoms with Crippen LogP contribution in [0, 0.1) is 11.3 Å². The van der Waals surface area contributed by atoms with Crippen molar-refractivity contribution in [2.75, 3.05) is 0 Å². The van der Waals surface area contributed by atoms with E-state index in [1.54, 1.807) is 6.92 Å². The van der Waals surface area contributed by atoms with Gasteiger partial charge in [-0.2, -0.15) is 0 Å². The summed E-state index contributed by atoms with van der Waals surface area (Å²) in [4.78, 5) is 0. The number of hydrogen-bond acceptors (Lipinski definition) is 2. The second kappa shape index (κ2) is 2.76. The molecule has 1 fully saturated rings. The molecule has 4 heteroatoms. The number of hydrogen-bond donors (Lipinski definition) is 3. The third kappa shape index (κ3) is 1.61. The standard InChI is InChI=1S/C6H12N2O.ClH/c1-6(9,5(7)8)4-2-3-4;/h4,9H,2-3H2,1H3,(H3,7,8);1H. The van der Waals surface area contributed by atoms with Crippen LogP contribution in [0.3, 0.4) is 0 Å². The van der Waals surface area contributed by atoms with Gasteiger partial charge in [-0.3, -0.25) is 5.41 Å². The number of amidine groups is 1. The first kappa shape index (κ1) is 9.72. The predicted octanol–water partition coefficient (Wildman–Crippen LogP) is 0.505. The molecule has 60 valence electrons. The predicted molar refractivity (Wildman–Crippen MR) is 42.5 cm³/mol. The van der Waals surface area contributed by atoms with Crippen LogP contribution >= 0.6 is 12.4 Å². The van der Waals surface area contributed by atoms with Crippen molar-refractivity contribution in [1.82, 2.24) is 0 Å². The van der Waals surface area contributed by atoms with Crippen molar-refractivity contribution in [3.63, 3.8) is 0 Å². The molecule has 1 rings (SSSR count). The van der Waals surface area contributed by atoms with Gasteiger partial charge < -0.3 is 10.8 Å². The molecule has 0 aromatic rings. The molecule has 0 aromatic heterocycles. The summed E-state index contributed by atoms with van der Waals surface area (Å²) < 4.78 is 0. The van der Waals surface area contributed by atoms with Gasteiger partial charge in [-0.05, 0) is 25.7 Å². The molecule has 0 spiro atoms. The lowest BCUT2D eigenvalue weighted by atomic mass is 10.00. The molecular weight excluding hydrogens is 152 g/mol. The Morgan fingerprint density at radius 3 is 2.20 bits per heavy atom. The van der Waals surface area contributed by atoms with Crippen molar-refractivity contribution < 1.29 is 5.11 Å². The van der Waals surface area contributed by atoms with Gasteiger partial charge >= 0.3 is 0 Å². The Balaban J connectivity index is 0.000000810. The summed E-state index contributed by atoms with van der Waals surface area (Å²) in [6.07, 6.45) is 2.01. The molecule has 10 heavy (non-hydrogen) atoms. The van der Waals surface area contributed by atoms with E-state index in [2.05, 4.69) is 0 Å². The number of aliphatic hydroxyl groups is 1. The minimum atomic E-state index is -1.03. The van der Waals surface area contributed by atoms with Crippen molar-refractivity contribution in [1.29, 1.82) is 5.41 Å². The first-order valence-electron chi connectivity index (χ1n) is 3.12. The van der Waals surface area contributed by atoms with Crippen molar-refractivity contribution in [2.24, 2.45) is 11.7 Å². The topological polar surface area (TPSA) is 70.1 Å². The fourth-order valence-electron chi connectivity index (χ4n) is 0.865. The van der Waals surface area contributed by atoms with Crippen molar-refractivity contribution >= 4 is 18.2 Å². The minimum absolute atomic E-state index is 0. The van der Waals surface area contributed by atoms with Gasteiger partial charge in [-0.15, -0.1) is 12.4 Å². The lowest BCUT2D eigenvalue weighted by molar-refractivity contribution is 0.106. The molecule has 0 amide bonds. The summed E-state index contributed by atoms with van der Waals surface area (Å²) in [6.45, 7) is 1.60. The molecule has 1 atom stereocenters. The summed E-state index contributed by atoms with van der Waals surface area (Å²) in [7, 11) is 0. The zero-order valence-corrected chi connectivity index (χ0v) is 6.74. The zero-order valence-electron chi connectivity index (χ0n) is 5.92. The molecule has 1 aliphatic carbocycles. The molecule has 0 aromatic carbocycles. The molecule has 0 saturated heterocycles. The molecule has 1 saturated carbocycles. The number of rotatable bonds is 2. The largest absolute Gasteiger partial charge is 0.385 e. The van der Waals surface area contributed by atoms with Gasteiger partial charge in [0, 0.05) is 0 Å². The molecule has 1 unspecified atom stereocenters. The lowest BCUT2D eigenvalue weighted by Crippen LogP contribution is -2.42. The van der Waals surface area contributed by atoms with Crippen LogP contribution in [0.25, 0.3) is 0 Å². The lowest BCUT2D eigenvalue weighted by Gasteiger charge is -2.20. The van der Waals surface area contributed by atoms with E-state index in [1.807, 2.05) is 0 Å². The SMILES string of the molecule is CC(O)(C(=N)N)C1CC1.Cl. The quantitative estimate of drug-likeness (QED) is 0.411. The van der Waals surface area contributed by atoms with Crippen LogP contribution in [0.5, 0.6) is 0 Å². The molecule has 0 aliphatic heterocycles. The van der Waals surface area contributed by atoms with Crippen LogP contribution in [-0.2, 0) is 0 Å². The van der Waals surface area contributed by atoms with Crippen LogP contribution in [0.2, 0.25) is 0 Å². The van der Waals surface area contributed by atoms with E-state index in [0.717, 1.165) is 12.8 Å². The number of nitrogens with two attached hydrogens (primary N) is 1. The maximum Gasteiger partial charge on any atom is 0.123 e. The van der Waals surface area contributed by atoms with Gasteiger partial charge in [-0.1, -0.05) is 0 Å². The fourth-order valence-corrected chi connectivity index (χ4v) is 0.865. The Labute approximate surface area is 66.5 Å². The van der Waals surface area contributed by atoms with E-state index >= 15 is 0 Å². The second-order valence-corrected chi connectivity index (χ2v) is 2.84. The molecule has 1 aliphatic rings. The van der Waals surface area contributed by atoms with E-state index in [9.17, 15) is 5.11 Å². The Morgan fingerprint density at radius 1 is 1.70 bits per heavy atom. The zero-order chi connectivity index (χ0) is 7.07. The van der Waals surface area contributed by atoms with Crippen LogP contribution in [0.15, 0.2) is 0 Å². The van der Waals surface area contributed by atoms with E-state index in [4.69, 9.17) is 11.1 Å². The van der Waals surface area contributed by atoms with Crippen molar-refractivity contribution in [3.05, 3.63) is 0 Å². The summed E-state index contributed by atoms with van der Waals surface area (Å²) in [5.41, 5.74) is 4.12. The normalized spacial score (nSPS) is 22.6. The van der Waals surface area contributed by atoms with Crippen LogP contribution in [0.4, 0.5) is 0 Å². The minimum Gasteiger partial charge on any atom is -0.385 e. The summed E-state index contributed by atoms with van der Waals surface area (Å²) in [5, 5.41) is 16.4.